The molecule has 0 spiro atoms. The van der Waals surface area contributed by atoms with Crippen LogP contribution in [0.3, 0.4) is 0 Å². The van der Waals surface area contributed by atoms with Gasteiger partial charge in [0.05, 0.1) is 10.6 Å². The first kappa shape index (κ1) is 13.9. The summed E-state index contributed by atoms with van der Waals surface area (Å²) < 4.78 is 0. The maximum absolute atomic E-state index is 12.0. The molecule has 2 aliphatic carbocycles. The number of carbonyl (C=O) groups excluding carboxylic acids is 1. The molecule has 3 rings (SSSR count). The summed E-state index contributed by atoms with van der Waals surface area (Å²) in [6.07, 6.45) is 7.10. The molecule has 0 heterocycles. The molecule has 0 aromatic heterocycles. The van der Waals surface area contributed by atoms with Gasteiger partial charge in [-0.25, -0.2) is 5.43 Å². The molecule has 2 saturated carbocycles. The van der Waals surface area contributed by atoms with E-state index in [2.05, 4.69) is 10.5 Å². The standard InChI is InChI=1S/C15H16Cl2N2O/c16-12-3-4-13(14(17)7-12)15(20)19-18-8-11-6-9-1-2-10(11)5-9/h3-4,7-11H,1-2,5-6H2,(H,19,20)/b18-8-/t9-,10-,11+/m0/s1. The van der Waals surface area contributed by atoms with Crippen molar-refractivity contribution in [2.24, 2.45) is 22.9 Å². The van der Waals surface area contributed by atoms with Gasteiger partial charge in [-0.05, 0) is 55.2 Å². The largest absolute Gasteiger partial charge is 0.272 e. The molecule has 1 amide bonds. The average Bonchev–Trinajstić information content (AvgIpc) is 3.00. The molecule has 5 heteroatoms. The lowest BCUT2D eigenvalue weighted by Crippen LogP contribution is -2.20. The van der Waals surface area contributed by atoms with Gasteiger partial charge in [-0.15, -0.1) is 0 Å². The fourth-order valence-electron chi connectivity index (χ4n) is 3.40. The maximum atomic E-state index is 12.0. The average molecular weight is 311 g/mol. The third kappa shape index (κ3) is 2.84. The Morgan fingerprint density at radius 1 is 1.30 bits per heavy atom. The van der Waals surface area contributed by atoms with E-state index in [1.54, 1.807) is 18.2 Å². The number of amides is 1. The first-order chi connectivity index (χ1) is 9.63. The summed E-state index contributed by atoms with van der Waals surface area (Å²) >= 11 is 11.8. The van der Waals surface area contributed by atoms with Crippen LogP contribution in [0.25, 0.3) is 0 Å². The second-order valence-electron chi connectivity index (χ2n) is 5.68. The smallest absolute Gasteiger partial charge is 0.267 e. The van der Waals surface area contributed by atoms with Crippen molar-refractivity contribution in [2.75, 3.05) is 0 Å². The Balaban J connectivity index is 1.59. The van der Waals surface area contributed by atoms with Gasteiger partial charge < -0.3 is 0 Å². The first-order valence-electron chi connectivity index (χ1n) is 6.92. The number of benzene rings is 1. The van der Waals surface area contributed by atoms with Crippen molar-refractivity contribution in [1.29, 1.82) is 0 Å². The molecular formula is C15H16Cl2N2O. The van der Waals surface area contributed by atoms with E-state index in [1.807, 2.05) is 6.21 Å². The Hall–Kier alpha value is -1.06. The molecule has 0 aliphatic heterocycles. The molecule has 20 heavy (non-hydrogen) atoms. The molecule has 2 aliphatic rings. The molecule has 0 unspecified atom stereocenters. The number of hydrogen-bond donors (Lipinski definition) is 1. The zero-order valence-electron chi connectivity index (χ0n) is 11.0. The number of halogens is 2. The summed E-state index contributed by atoms with van der Waals surface area (Å²) in [5.41, 5.74) is 2.94. The molecule has 1 aromatic carbocycles. The molecule has 3 atom stereocenters. The minimum atomic E-state index is -0.300. The van der Waals surface area contributed by atoms with Crippen molar-refractivity contribution in [2.45, 2.75) is 25.7 Å². The number of carbonyl (C=O) groups is 1. The normalized spacial score (nSPS) is 28.2. The highest BCUT2D eigenvalue weighted by atomic mass is 35.5. The summed E-state index contributed by atoms with van der Waals surface area (Å²) in [4.78, 5) is 12.0. The fourth-order valence-corrected chi connectivity index (χ4v) is 3.90. The van der Waals surface area contributed by atoms with Crippen molar-refractivity contribution in [3.05, 3.63) is 33.8 Å². The highest BCUT2D eigenvalue weighted by Crippen LogP contribution is 2.47. The maximum Gasteiger partial charge on any atom is 0.272 e. The van der Waals surface area contributed by atoms with Crippen LogP contribution in [-0.2, 0) is 0 Å². The van der Waals surface area contributed by atoms with Crippen molar-refractivity contribution in [3.8, 4) is 0 Å². The Labute approximate surface area is 128 Å². The summed E-state index contributed by atoms with van der Waals surface area (Å²) in [7, 11) is 0. The monoisotopic (exact) mass is 310 g/mol. The molecule has 3 nitrogen and oxygen atoms in total. The second-order valence-corrected chi connectivity index (χ2v) is 6.53. The van der Waals surface area contributed by atoms with Crippen LogP contribution in [0.1, 0.15) is 36.0 Å². The van der Waals surface area contributed by atoms with Crippen LogP contribution in [0, 0.1) is 17.8 Å². The highest BCUT2D eigenvalue weighted by molar-refractivity contribution is 6.36. The summed E-state index contributed by atoms with van der Waals surface area (Å²) in [5.74, 6) is 1.86. The van der Waals surface area contributed by atoms with Crippen LogP contribution in [0.2, 0.25) is 10.0 Å². The molecule has 106 valence electrons. The zero-order chi connectivity index (χ0) is 14.1. The van der Waals surface area contributed by atoms with Gasteiger partial charge in [0.1, 0.15) is 0 Å². The number of fused-ring (bicyclic) bond motifs is 2. The number of hydrogen-bond acceptors (Lipinski definition) is 2. The van der Waals surface area contributed by atoms with Gasteiger partial charge in [0, 0.05) is 11.2 Å². The van der Waals surface area contributed by atoms with E-state index in [-0.39, 0.29) is 5.91 Å². The van der Waals surface area contributed by atoms with Crippen LogP contribution in [0.15, 0.2) is 23.3 Å². The van der Waals surface area contributed by atoms with E-state index >= 15 is 0 Å². The lowest BCUT2D eigenvalue weighted by Gasteiger charge is -2.16. The minimum absolute atomic E-state index is 0.300. The van der Waals surface area contributed by atoms with Gasteiger partial charge >= 0.3 is 0 Å². The van der Waals surface area contributed by atoms with Crippen LogP contribution in [0.4, 0.5) is 0 Å². The van der Waals surface area contributed by atoms with Gasteiger partial charge in [-0.3, -0.25) is 4.79 Å². The topological polar surface area (TPSA) is 41.5 Å². The van der Waals surface area contributed by atoms with Crippen molar-refractivity contribution >= 4 is 35.3 Å². The van der Waals surface area contributed by atoms with Crippen LogP contribution in [-0.4, -0.2) is 12.1 Å². The number of hydrazone groups is 1. The second kappa shape index (κ2) is 5.74. The minimum Gasteiger partial charge on any atom is -0.267 e. The molecule has 1 aromatic rings. The SMILES string of the molecule is O=C(N/N=C\[C@H]1C[C@H]2CC[C@H]1C2)c1ccc(Cl)cc1Cl. The predicted molar refractivity (Wildman–Crippen MR) is 81.4 cm³/mol. The summed E-state index contributed by atoms with van der Waals surface area (Å²) in [6.45, 7) is 0. The Morgan fingerprint density at radius 3 is 2.80 bits per heavy atom. The number of nitrogens with zero attached hydrogens (tertiary/aromatic N) is 1. The molecule has 2 bridgehead atoms. The van der Waals surface area contributed by atoms with Gasteiger partial charge in [0.25, 0.3) is 5.91 Å². The fraction of sp³-hybridized carbons (Fsp3) is 0.467. The Kier molecular flexibility index (Phi) is 3.99. The molecule has 1 N–H and O–H groups in total. The molecule has 0 saturated heterocycles. The highest BCUT2D eigenvalue weighted by Gasteiger charge is 2.38. The van der Waals surface area contributed by atoms with Gasteiger partial charge in [0.15, 0.2) is 0 Å². The van der Waals surface area contributed by atoms with E-state index in [0.29, 0.717) is 21.5 Å². The van der Waals surface area contributed by atoms with Crippen molar-refractivity contribution in [1.82, 2.24) is 5.43 Å². The lowest BCUT2D eigenvalue weighted by atomic mass is 9.90. The van der Waals surface area contributed by atoms with Gasteiger partial charge in [0.2, 0.25) is 0 Å². The molecule has 2 fully saturated rings. The van der Waals surface area contributed by atoms with E-state index in [0.717, 1.165) is 11.8 Å². The van der Waals surface area contributed by atoms with Crippen molar-refractivity contribution in [3.63, 3.8) is 0 Å². The van der Waals surface area contributed by atoms with Gasteiger partial charge in [-0.1, -0.05) is 29.6 Å². The number of nitrogens with one attached hydrogen (secondary N) is 1. The first-order valence-corrected chi connectivity index (χ1v) is 7.67. The molecule has 0 radical (unpaired) electrons. The Bertz CT molecular complexity index is 559. The zero-order valence-corrected chi connectivity index (χ0v) is 12.5. The predicted octanol–water partition coefficient (Wildman–Crippen LogP) is 4.15. The van der Waals surface area contributed by atoms with Crippen LogP contribution in [0.5, 0.6) is 0 Å². The third-order valence-electron chi connectivity index (χ3n) is 4.40. The van der Waals surface area contributed by atoms with Crippen LogP contribution >= 0.6 is 23.2 Å². The third-order valence-corrected chi connectivity index (χ3v) is 4.95. The lowest BCUT2D eigenvalue weighted by molar-refractivity contribution is 0.0955. The van der Waals surface area contributed by atoms with Crippen molar-refractivity contribution < 1.29 is 4.79 Å². The quantitative estimate of drug-likeness (QED) is 0.661. The van der Waals surface area contributed by atoms with E-state index in [1.165, 1.54) is 25.7 Å². The van der Waals surface area contributed by atoms with Gasteiger partial charge in [-0.2, -0.15) is 5.10 Å². The summed E-state index contributed by atoms with van der Waals surface area (Å²) in [6, 6.07) is 4.80. The molecular weight excluding hydrogens is 295 g/mol. The van der Waals surface area contributed by atoms with E-state index in [4.69, 9.17) is 23.2 Å². The number of rotatable bonds is 3. The Morgan fingerprint density at radius 2 is 2.15 bits per heavy atom. The van der Waals surface area contributed by atoms with Crippen LogP contribution < -0.4 is 5.43 Å². The van der Waals surface area contributed by atoms with E-state index < -0.39 is 0 Å². The van der Waals surface area contributed by atoms with E-state index in [9.17, 15) is 4.79 Å². The summed E-state index contributed by atoms with van der Waals surface area (Å²) in [5, 5.41) is 4.95.